The van der Waals surface area contributed by atoms with Crippen LogP contribution in [-0.4, -0.2) is 23.0 Å². The number of aromatic amines is 1. The van der Waals surface area contributed by atoms with Crippen LogP contribution in [0.25, 0.3) is 32.6 Å². The van der Waals surface area contributed by atoms with Crippen molar-refractivity contribution in [3.63, 3.8) is 0 Å². The number of imidazole rings is 1. The van der Waals surface area contributed by atoms with E-state index in [2.05, 4.69) is 40.3 Å². The molecule has 7 aromatic rings. The predicted molar refractivity (Wildman–Crippen MR) is 170 cm³/mol. The standard InChI is InChI=1S/C36H23N2O5P/c1-41-34(39)25-17-18-30-31(21-25)38-35(37-30)44(40)43-36(28-12-4-6-15-32(28)42-33-16-7-5-13-29(33)36)27-14-8-11-24-19-22-9-2-3-10-23(22)20-26(24)27/h2-21H,1H3/p+1. The highest BCUT2D eigenvalue weighted by Gasteiger charge is 2.53. The van der Waals surface area contributed by atoms with Crippen LogP contribution in [0.5, 0.6) is 11.5 Å². The summed E-state index contributed by atoms with van der Waals surface area (Å²) in [6, 6.07) is 39.0. The van der Waals surface area contributed by atoms with Gasteiger partial charge in [0.1, 0.15) is 11.5 Å². The average Bonchev–Trinajstić information content (AvgIpc) is 3.50. The molecule has 1 aliphatic heterocycles. The molecule has 0 fully saturated rings. The van der Waals surface area contributed by atoms with Crippen LogP contribution in [0.2, 0.25) is 0 Å². The normalized spacial score (nSPS) is 13.7. The number of para-hydroxylation sites is 2. The number of carbonyl (C=O) groups excluding carboxylic acids is 1. The number of fused-ring (bicyclic) bond motifs is 5. The number of rotatable bonds is 5. The van der Waals surface area contributed by atoms with E-state index in [0.717, 1.165) is 38.2 Å². The number of ether oxygens (including phenoxy) is 2. The zero-order valence-corrected chi connectivity index (χ0v) is 24.4. The smallest absolute Gasteiger partial charge is 0.465 e. The second-order valence-corrected chi connectivity index (χ2v) is 11.8. The molecule has 0 spiro atoms. The zero-order chi connectivity index (χ0) is 29.8. The van der Waals surface area contributed by atoms with Crippen molar-refractivity contribution in [2.75, 3.05) is 7.11 Å². The summed E-state index contributed by atoms with van der Waals surface area (Å²) in [5, 5.41) is 4.20. The first-order valence-electron chi connectivity index (χ1n) is 14.1. The van der Waals surface area contributed by atoms with Crippen LogP contribution in [0.15, 0.2) is 121 Å². The van der Waals surface area contributed by atoms with E-state index in [1.165, 1.54) is 7.11 Å². The van der Waals surface area contributed by atoms with Gasteiger partial charge in [-0.25, -0.2) is 4.79 Å². The molecule has 0 saturated heterocycles. The largest absolute Gasteiger partial charge is 0.590 e. The van der Waals surface area contributed by atoms with Gasteiger partial charge in [-0.2, -0.15) is 4.98 Å². The lowest BCUT2D eigenvalue weighted by molar-refractivity contribution is 0.0601. The van der Waals surface area contributed by atoms with Crippen molar-refractivity contribution in [2.24, 2.45) is 0 Å². The summed E-state index contributed by atoms with van der Waals surface area (Å²) < 4.78 is 32.5. The van der Waals surface area contributed by atoms with Gasteiger partial charge in [-0.3, -0.25) is 4.98 Å². The molecule has 0 saturated carbocycles. The first-order valence-corrected chi connectivity index (χ1v) is 15.3. The van der Waals surface area contributed by atoms with Crippen LogP contribution in [0, 0.1) is 0 Å². The summed E-state index contributed by atoms with van der Waals surface area (Å²) >= 11 is 0. The zero-order valence-electron chi connectivity index (χ0n) is 23.5. The van der Waals surface area contributed by atoms with Crippen molar-refractivity contribution in [1.29, 1.82) is 0 Å². The summed E-state index contributed by atoms with van der Waals surface area (Å²) in [4.78, 5) is 19.9. The van der Waals surface area contributed by atoms with Gasteiger partial charge >= 0.3 is 19.6 Å². The first kappa shape index (κ1) is 26.3. The van der Waals surface area contributed by atoms with E-state index in [4.69, 9.17) is 14.0 Å². The Morgan fingerprint density at radius 2 is 1.39 bits per heavy atom. The van der Waals surface area contributed by atoms with Crippen LogP contribution in [0.1, 0.15) is 27.0 Å². The van der Waals surface area contributed by atoms with E-state index in [1.54, 1.807) is 18.2 Å². The Morgan fingerprint density at radius 3 is 2.11 bits per heavy atom. The topological polar surface area (TPSA) is 90.5 Å². The number of nitrogens with zero attached hydrogens (tertiary/aromatic N) is 1. The number of benzene rings is 6. The Hall–Kier alpha value is -5.36. The Kier molecular flexibility index (Phi) is 6.05. The average molecular weight is 596 g/mol. The molecule has 0 aliphatic carbocycles. The molecule has 2 heterocycles. The van der Waals surface area contributed by atoms with Gasteiger partial charge in [0.2, 0.25) is 5.60 Å². The van der Waals surface area contributed by atoms with E-state index in [0.29, 0.717) is 28.1 Å². The maximum atomic E-state index is 14.4. The quantitative estimate of drug-likeness (QED) is 0.123. The molecule has 1 atom stereocenters. The maximum absolute atomic E-state index is 14.4. The molecule has 0 bridgehead atoms. The Bertz CT molecular complexity index is 2250. The van der Waals surface area contributed by atoms with E-state index in [1.807, 2.05) is 72.8 Å². The number of hydrogen-bond donors (Lipinski definition) is 1. The predicted octanol–water partition coefficient (Wildman–Crippen LogP) is 8.14. The SMILES string of the molecule is COC(=O)c1ccc2nc([P+](=O)OC3(c4cccc5cc6ccccc6cc45)c4ccccc4Oc4ccccc43)[nH]c2c1. The molecule has 0 radical (unpaired) electrons. The Balaban J connectivity index is 1.38. The molecule has 44 heavy (non-hydrogen) atoms. The van der Waals surface area contributed by atoms with Gasteiger partial charge in [-0.05, 0) is 68.6 Å². The molecule has 1 aliphatic rings. The summed E-state index contributed by atoms with van der Waals surface area (Å²) in [7, 11) is -1.25. The molecule has 0 amide bonds. The molecular formula is C36H24N2O5P+. The lowest BCUT2D eigenvalue weighted by Gasteiger charge is -2.36. The number of carbonyl (C=O) groups is 1. The van der Waals surface area contributed by atoms with Gasteiger partial charge in [-0.15, -0.1) is 4.52 Å². The molecule has 6 aromatic carbocycles. The Labute approximate surface area is 252 Å². The number of nitrogens with one attached hydrogen (secondary N) is 1. The number of hydrogen-bond acceptors (Lipinski definition) is 6. The van der Waals surface area contributed by atoms with Gasteiger partial charge in [0.15, 0.2) is 0 Å². The van der Waals surface area contributed by atoms with Crippen molar-refractivity contribution >= 4 is 52.1 Å². The van der Waals surface area contributed by atoms with Crippen LogP contribution in [0.4, 0.5) is 0 Å². The second-order valence-electron chi connectivity index (χ2n) is 10.6. The fourth-order valence-electron chi connectivity index (χ4n) is 6.16. The van der Waals surface area contributed by atoms with Crippen molar-refractivity contribution in [1.82, 2.24) is 9.97 Å². The first-order chi connectivity index (χ1) is 21.5. The van der Waals surface area contributed by atoms with Crippen LogP contribution in [0.3, 0.4) is 0 Å². The maximum Gasteiger partial charge on any atom is 0.590 e. The highest BCUT2D eigenvalue weighted by molar-refractivity contribution is 7.47. The third-order valence-electron chi connectivity index (χ3n) is 8.16. The second kappa shape index (κ2) is 10.1. The van der Waals surface area contributed by atoms with Gasteiger partial charge in [0, 0.05) is 16.7 Å². The summed E-state index contributed by atoms with van der Waals surface area (Å²) in [6.45, 7) is 0. The third kappa shape index (κ3) is 4.02. The molecular weight excluding hydrogens is 571 g/mol. The highest BCUT2D eigenvalue weighted by atomic mass is 31.1. The fraction of sp³-hybridized carbons (Fsp3) is 0.0556. The summed E-state index contributed by atoms with van der Waals surface area (Å²) in [5.74, 6) is 0.751. The molecule has 8 heteroatoms. The van der Waals surface area contributed by atoms with Gasteiger partial charge in [-0.1, -0.05) is 78.9 Å². The number of H-pyrrole nitrogens is 1. The van der Waals surface area contributed by atoms with Crippen LogP contribution >= 0.6 is 8.03 Å². The minimum Gasteiger partial charge on any atom is -0.465 e. The lowest BCUT2D eigenvalue weighted by atomic mass is 9.76. The molecule has 7 nitrogen and oxygen atoms in total. The lowest BCUT2D eigenvalue weighted by Crippen LogP contribution is -2.35. The minimum atomic E-state index is -2.57. The van der Waals surface area contributed by atoms with Crippen LogP contribution in [-0.2, 0) is 19.4 Å². The number of aromatic nitrogens is 2. The van der Waals surface area contributed by atoms with Gasteiger partial charge in [0.05, 0.1) is 23.7 Å². The molecule has 1 N–H and O–H groups in total. The molecule has 1 aromatic heterocycles. The summed E-state index contributed by atoms with van der Waals surface area (Å²) in [5.41, 5.74) is 2.58. The van der Waals surface area contributed by atoms with E-state index >= 15 is 0 Å². The third-order valence-corrected chi connectivity index (χ3v) is 9.16. The van der Waals surface area contributed by atoms with E-state index < -0.39 is 19.6 Å². The van der Waals surface area contributed by atoms with Crippen LogP contribution < -0.4 is 10.3 Å². The van der Waals surface area contributed by atoms with Gasteiger partial charge in [0.25, 0.3) is 0 Å². The number of esters is 1. The van der Waals surface area contributed by atoms with Crippen molar-refractivity contribution in [2.45, 2.75) is 5.60 Å². The molecule has 8 rings (SSSR count). The van der Waals surface area contributed by atoms with Crippen molar-refractivity contribution in [3.05, 3.63) is 144 Å². The minimum absolute atomic E-state index is 0.156. The fourth-order valence-corrected chi connectivity index (χ4v) is 7.19. The van der Waals surface area contributed by atoms with E-state index in [-0.39, 0.29) is 5.57 Å². The van der Waals surface area contributed by atoms with Crippen molar-refractivity contribution < 1.29 is 23.4 Å². The van der Waals surface area contributed by atoms with Crippen molar-refractivity contribution in [3.8, 4) is 11.5 Å². The van der Waals surface area contributed by atoms with E-state index in [9.17, 15) is 9.36 Å². The molecule has 1 unspecified atom stereocenters. The summed E-state index contributed by atoms with van der Waals surface area (Å²) in [6.07, 6.45) is 0. The molecule has 212 valence electrons. The Morgan fingerprint density at radius 1 is 0.750 bits per heavy atom. The number of methoxy groups -OCH3 is 1. The highest BCUT2D eigenvalue weighted by Crippen LogP contribution is 2.56. The van der Waals surface area contributed by atoms with Gasteiger partial charge < -0.3 is 9.47 Å². The monoisotopic (exact) mass is 595 g/mol.